The zero-order valence-corrected chi connectivity index (χ0v) is 18.1. The minimum Gasteiger partial charge on any atom is -0.428 e. The molecule has 0 N–H and O–H groups in total. The average Bonchev–Trinajstić information content (AvgIpc) is 2.65. The van der Waals surface area contributed by atoms with Crippen LogP contribution in [0.4, 0.5) is 17.6 Å². The number of alkyl halides is 4. The van der Waals surface area contributed by atoms with Crippen LogP contribution in [0.15, 0.2) is 75.7 Å². The minimum atomic E-state index is -3.65. The normalized spacial score (nSPS) is 12.0. The van der Waals surface area contributed by atoms with Crippen LogP contribution in [0.25, 0.3) is 0 Å². The Morgan fingerprint density at radius 2 is 0.966 bits per heavy atom. The third kappa shape index (κ3) is 5.11. The Labute approximate surface area is 181 Å². The number of hydrogen-bond donors (Lipinski definition) is 0. The molecule has 0 unspecified atom stereocenters. The van der Waals surface area contributed by atoms with Gasteiger partial charge in [0.05, 0.1) is 11.1 Å². The summed E-state index contributed by atoms with van der Waals surface area (Å²) in [5.74, 6) is -0.524. The van der Waals surface area contributed by atoms with E-state index in [2.05, 4.69) is 31.9 Å². The van der Waals surface area contributed by atoms with E-state index in [-0.39, 0.29) is 28.2 Å². The molecule has 0 radical (unpaired) electrons. The van der Waals surface area contributed by atoms with Crippen molar-refractivity contribution < 1.29 is 27.0 Å². The van der Waals surface area contributed by atoms with Gasteiger partial charge in [-0.2, -0.15) is 17.6 Å². The molecule has 152 valence electrons. The van der Waals surface area contributed by atoms with Gasteiger partial charge >= 0.3 is 12.2 Å². The molecule has 0 atom stereocenters. The first-order valence-corrected chi connectivity index (χ1v) is 9.92. The van der Waals surface area contributed by atoms with Gasteiger partial charge in [0, 0.05) is 14.5 Å². The summed E-state index contributed by atoms with van der Waals surface area (Å²) in [4.78, 5) is 0. The second-order valence-corrected chi connectivity index (χ2v) is 7.96. The first-order valence-electron chi connectivity index (χ1n) is 8.34. The van der Waals surface area contributed by atoms with Crippen LogP contribution in [0.3, 0.4) is 0 Å². The van der Waals surface area contributed by atoms with Gasteiger partial charge in [-0.25, -0.2) is 0 Å². The summed E-state index contributed by atoms with van der Waals surface area (Å²) >= 11 is 6.35. The van der Waals surface area contributed by atoms with E-state index in [0.29, 0.717) is 8.95 Å². The highest BCUT2D eigenvalue weighted by Gasteiger charge is 2.37. The van der Waals surface area contributed by atoms with Crippen molar-refractivity contribution in [1.29, 1.82) is 0 Å². The molecule has 8 heteroatoms. The quantitative estimate of drug-likeness (QED) is 0.301. The maximum Gasteiger partial charge on any atom is 0.426 e. The van der Waals surface area contributed by atoms with Crippen LogP contribution in [-0.4, -0.2) is 0 Å². The lowest BCUT2D eigenvalue weighted by Gasteiger charge is -2.23. The molecule has 0 amide bonds. The van der Waals surface area contributed by atoms with Gasteiger partial charge in [-0.3, -0.25) is 0 Å². The summed E-state index contributed by atoms with van der Waals surface area (Å²) < 4.78 is 69.0. The fourth-order valence-corrected chi connectivity index (χ4v) is 3.03. The molecule has 0 saturated carbocycles. The molecule has 0 aliphatic heterocycles. The van der Waals surface area contributed by atoms with Crippen LogP contribution in [0.5, 0.6) is 11.5 Å². The van der Waals surface area contributed by atoms with Crippen LogP contribution in [-0.2, 0) is 12.2 Å². The highest BCUT2D eigenvalue weighted by molar-refractivity contribution is 9.10. The number of benzene rings is 3. The Kier molecular flexibility index (Phi) is 6.24. The molecule has 3 rings (SSSR count). The summed E-state index contributed by atoms with van der Waals surface area (Å²) in [6.45, 7) is 1.37. The van der Waals surface area contributed by atoms with Gasteiger partial charge in [0.15, 0.2) is 0 Å². The van der Waals surface area contributed by atoms with Gasteiger partial charge in [-0.1, -0.05) is 37.9 Å². The third-order valence-corrected chi connectivity index (χ3v) is 5.13. The molecule has 0 aromatic heterocycles. The summed E-state index contributed by atoms with van der Waals surface area (Å²) in [5, 5.41) is 0. The highest BCUT2D eigenvalue weighted by Crippen LogP contribution is 2.39. The maximum absolute atomic E-state index is 14.5. The van der Waals surface area contributed by atoms with E-state index in [4.69, 9.17) is 9.47 Å². The number of rotatable bonds is 6. The van der Waals surface area contributed by atoms with Crippen molar-refractivity contribution in [2.45, 2.75) is 19.1 Å². The summed E-state index contributed by atoms with van der Waals surface area (Å²) in [6, 6.07) is 14.5. The Morgan fingerprint density at radius 1 is 0.621 bits per heavy atom. The lowest BCUT2D eigenvalue weighted by Crippen LogP contribution is -2.24. The molecular weight excluding hydrogens is 520 g/mol. The first kappa shape index (κ1) is 21.6. The molecule has 0 saturated heterocycles. The SMILES string of the molecule is Cc1c(OC(F)(F)c2ccc(Br)cc2)cccc1OC(F)(F)c1ccc(Br)cc1. The lowest BCUT2D eigenvalue weighted by molar-refractivity contribution is -0.189. The maximum atomic E-state index is 14.5. The van der Waals surface area contributed by atoms with Crippen molar-refractivity contribution in [3.8, 4) is 11.5 Å². The van der Waals surface area contributed by atoms with Gasteiger partial charge in [-0.05, 0) is 67.6 Å². The standard InChI is InChI=1S/C21H14Br2F4O2/c1-13-18(28-20(24,25)14-5-9-16(22)10-6-14)3-2-4-19(13)29-21(26,27)15-7-11-17(23)12-8-15/h2-12H,1H3. The lowest BCUT2D eigenvalue weighted by atomic mass is 10.1. The average molecular weight is 534 g/mol. The summed E-state index contributed by atoms with van der Waals surface area (Å²) in [7, 11) is 0. The Hall–Kier alpha value is -2.06. The number of ether oxygens (including phenoxy) is 2. The number of hydrogen-bond acceptors (Lipinski definition) is 2. The van der Waals surface area contributed by atoms with Crippen LogP contribution < -0.4 is 9.47 Å². The fourth-order valence-electron chi connectivity index (χ4n) is 2.50. The molecule has 0 aliphatic carbocycles. The van der Waals surface area contributed by atoms with Gasteiger partial charge in [0.2, 0.25) is 0 Å². The molecule has 0 bridgehead atoms. The number of halogens is 6. The summed E-state index contributed by atoms with van der Waals surface area (Å²) in [6.07, 6.45) is -7.31. The minimum absolute atomic E-state index is 0.0288. The molecular formula is C21H14Br2F4O2. The van der Waals surface area contributed by atoms with Crippen molar-refractivity contribution in [2.24, 2.45) is 0 Å². The van der Waals surface area contributed by atoms with Crippen LogP contribution in [0.1, 0.15) is 16.7 Å². The van der Waals surface area contributed by atoms with E-state index in [9.17, 15) is 17.6 Å². The third-order valence-electron chi connectivity index (χ3n) is 4.07. The smallest absolute Gasteiger partial charge is 0.426 e. The predicted octanol–water partition coefficient (Wildman–Crippen LogP) is 7.78. The zero-order valence-electron chi connectivity index (χ0n) is 14.9. The largest absolute Gasteiger partial charge is 0.428 e. The van der Waals surface area contributed by atoms with Crippen molar-refractivity contribution in [3.05, 3.63) is 92.4 Å². The van der Waals surface area contributed by atoms with Crippen LogP contribution >= 0.6 is 31.9 Å². The zero-order chi connectivity index (χ0) is 21.2. The van der Waals surface area contributed by atoms with Gasteiger partial charge in [0.1, 0.15) is 11.5 Å². The highest BCUT2D eigenvalue weighted by atomic mass is 79.9. The van der Waals surface area contributed by atoms with E-state index < -0.39 is 12.2 Å². The Morgan fingerprint density at radius 3 is 1.31 bits per heavy atom. The van der Waals surface area contributed by atoms with E-state index >= 15 is 0 Å². The van der Waals surface area contributed by atoms with Crippen LogP contribution in [0.2, 0.25) is 0 Å². The molecule has 3 aromatic carbocycles. The van der Waals surface area contributed by atoms with Crippen molar-refractivity contribution in [3.63, 3.8) is 0 Å². The fraction of sp³-hybridized carbons (Fsp3) is 0.143. The van der Waals surface area contributed by atoms with E-state index in [1.807, 2.05) is 0 Å². The molecule has 3 aromatic rings. The Balaban J connectivity index is 1.85. The monoisotopic (exact) mass is 532 g/mol. The summed E-state index contributed by atoms with van der Waals surface area (Å²) in [5.41, 5.74) is -0.709. The van der Waals surface area contributed by atoms with Gasteiger partial charge in [0.25, 0.3) is 0 Å². The van der Waals surface area contributed by atoms with Crippen molar-refractivity contribution >= 4 is 31.9 Å². The van der Waals surface area contributed by atoms with Crippen molar-refractivity contribution in [2.75, 3.05) is 0 Å². The van der Waals surface area contributed by atoms with Gasteiger partial charge in [-0.15, -0.1) is 0 Å². The Bertz CT molecular complexity index is 913. The first-order chi connectivity index (χ1) is 13.6. The van der Waals surface area contributed by atoms with Gasteiger partial charge < -0.3 is 9.47 Å². The topological polar surface area (TPSA) is 18.5 Å². The predicted molar refractivity (Wildman–Crippen MR) is 109 cm³/mol. The molecule has 0 fully saturated rings. The molecule has 0 heterocycles. The van der Waals surface area contributed by atoms with E-state index in [0.717, 1.165) is 0 Å². The molecule has 29 heavy (non-hydrogen) atoms. The molecule has 0 spiro atoms. The van der Waals surface area contributed by atoms with E-state index in [1.165, 1.54) is 73.7 Å². The van der Waals surface area contributed by atoms with Crippen LogP contribution in [0, 0.1) is 6.92 Å². The molecule has 2 nitrogen and oxygen atoms in total. The second-order valence-electron chi connectivity index (χ2n) is 6.13. The van der Waals surface area contributed by atoms with Crippen molar-refractivity contribution in [1.82, 2.24) is 0 Å². The van der Waals surface area contributed by atoms with E-state index in [1.54, 1.807) is 0 Å². The molecule has 0 aliphatic rings. The second kappa shape index (κ2) is 8.36.